The van der Waals surface area contributed by atoms with E-state index < -0.39 is 4.92 Å². The Hall–Kier alpha value is -3.91. The van der Waals surface area contributed by atoms with Crippen LogP contribution in [0.2, 0.25) is 0 Å². The van der Waals surface area contributed by atoms with Crippen molar-refractivity contribution in [1.29, 1.82) is 0 Å². The van der Waals surface area contributed by atoms with Crippen molar-refractivity contribution in [2.24, 2.45) is 10.1 Å². The average Bonchev–Trinajstić information content (AvgIpc) is 3.21. The lowest BCUT2D eigenvalue weighted by Crippen LogP contribution is -2.18. The Morgan fingerprint density at radius 2 is 1.67 bits per heavy atom. The highest BCUT2D eigenvalue weighted by molar-refractivity contribution is 7.07. The van der Waals surface area contributed by atoms with Crippen molar-refractivity contribution in [1.82, 2.24) is 4.68 Å². The van der Waals surface area contributed by atoms with E-state index in [-0.39, 0.29) is 17.2 Å². The quantitative estimate of drug-likeness (QED) is 0.274. The minimum atomic E-state index is -0.460. The molecule has 0 aliphatic heterocycles. The van der Waals surface area contributed by atoms with Crippen LogP contribution in [0.3, 0.4) is 0 Å². The van der Waals surface area contributed by atoms with Crippen molar-refractivity contribution in [3.8, 4) is 11.3 Å². The van der Waals surface area contributed by atoms with E-state index in [0.717, 1.165) is 30.5 Å². The standard InChI is InChI=1S/C25H19FN4O2S/c26-20-12-4-3-11-19(20)24-16-33-25(27-22-13-5-6-15-23(22)30(31)32)29(24)28-21-14-7-9-17-8-1-2-10-18(17)21/h1-6,8,10-13,15-16H,7,9,14H2. The number of aryl methyl sites for hydroxylation is 1. The van der Waals surface area contributed by atoms with Crippen LogP contribution >= 0.6 is 11.3 Å². The third-order valence-electron chi connectivity index (χ3n) is 5.54. The van der Waals surface area contributed by atoms with Crippen molar-refractivity contribution < 1.29 is 9.31 Å². The number of aromatic nitrogens is 1. The zero-order chi connectivity index (χ0) is 22.8. The minimum Gasteiger partial charge on any atom is -0.258 e. The van der Waals surface area contributed by atoms with Crippen LogP contribution in [-0.2, 0) is 6.42 Å². The summed E-state index contributed by atoms with van der Waals surface area (Å²) in [4.78, 5) is 16.0. The number of nitrogens with zero attached hydrogens (tertiary/aromatic N) is 4. The Bertz CT molecular complexity index is 1450. The Morgan fingerprint density at radius 1 is 0.939 bits per heavy atom. The van der Waals surface area contributed by atoms with Gasteiger partial charge in [0, 0.05) is 22.6 Å². The molecule has 0 saturated heterocycles. The van der Waals surface area contributed by atoms with Gasteiger partial charge in [-0.3, -0.25) is 10.1 Å². The Labute approximate surface area is 193 Å². The maximum atomic E-state index is 14.7. The number of fused-ring (bicyclic) bond motifs is 1. The minimum absolute atomic E-state index is 0.0967. The normalized spacial score (nSPS) is 14.9. The molecule has 1 aromatic heterocycles. The number of halogens is 1. The number of rotatable bonds is 4. The van der Waals surface area contributed by atoms with Gasteiger partial charge in [0.15, 0.2) is 0 Å². The smallest absolute Gasteiger partial charge is 0.258 e. The number of para-hydroxylation sites is 2. The van der Waals surface area contributed by atoms with Gasteiger partial charge in [0.05, 0.1) is 16.3 Å². The van der Waals surface area contributed by atoms with Crippen LogP contribution in [0.4, 0.5) is 15.8 Å². The molecule has 1 aliphatic carbocycles. The van der Waals surface area contributed by atoms with Gasteiger partial charge < -0.3 is 0 Å². The largest absolute Gasteiger partial charge is 0.294 e. The molecule has 6 nitrogen and oxygen atoms in total. The lowest BCUT2D eigenvalue weighted by Gasteiger charge is -2.18. The molecule has 4 aromatic rings. The van der Waals surface area contributed by atoms with E-state index in [1.165, 1.54) is 29.0 Å². The predicted molar refractivity (Wildman–Crippen MR) is 127 cm³/mol. The number of thiazole rings is 1. The molecule has 5 rings (SSSR count). The fraction of sp³-hybridized carbons (Fsp3) is 0.120. The molecule has 0 fully saturated rings. The van der Waals surface area contributed by atoms with Gasteiger partial charge >= 0.3 is 0 Å². The summed E-state index contributed by atoms with van der Waals surface area (Å²) < 4.78 is 16.3. The zero-order valence-corrected chi connectivity index (χ0v) is 18.3. The summed E-state index contributed by atoms with van der Waals surface area (Å²) in [6, 6.07) is 20.9. The molecule has 8 heteroatoms. The van der Waals surface area contributed by atoms with Crippen LogP contribution in [0.25, 0.3) is 11.3 Å². The van der Waals surface area contributed by atoms with Gasteiger partial charge in [-0.2, -0.15) is 5.10 Å². The predicted octanol–water partition coefficient (Wildman–Crippen LogP) is 6.09. The molecule has 1 heterocycles. The van der Waals surface area contributed by atoms with Crippen molar-refractivity contribution in [3.05, 3.63) is 110 Å². The highest BCUT2D eigenvalue weighted by Crippen LogP contribution is 2.28. The highest BCUT2D eigenvalue weighted by Gasteiger charge is 2.18. The molecule has 164 valence electrons. The van der Waals surface area contributed by atoms with E-state index in [0.29, 0.717) is 16.1 Å². The van der Waals surface area contributed by atoms with E-state index in [2.05, 4.69) is 11.1 Å². The van der Waals surface area contributed by atoms with Gasteiger partial charge in [0.25, 0.3) is 5.69 Å². The Morgan fingerprint density at radius 3 is 2.48 bits per heavy atom. The fourth-order valence-electron chi connectivity index (χ4n) is 3.97. The van der Waals surface area contributed by atoms with Crippen LogP contribution in [0.1, 0.15) is 24.0 Å². The molecule has 0 spiro atoms. The van der Waals surface area contributed by atoms with Crippen molar-refractivity contribution in [2.45, 2.75) is 19.3 Å². The van der Waals surface area contributed by atoms with E-state index in [1.54, 1.807) is 46.5 Å². The molecular weight excluding hydrogens is 439 g/mol. The van der Waals surface area contributed by atoms with Gasteiger partial charge in [-0.1, -0.05) is 48.5 Å². The molecule has 0 bridgehead atoms. The first-order valence-electron chi connectivity index (χ1n) is 10.5. The molecule has 0 amide bonds. The highest BCUT2D eigenvalue weighted by atomic mass is 32.1. The van der Waals surface area contributed by atoms with E-state index >= 15 is 0 Å². The SMILES string of the molecule is O=[N+]([O-])c1ccccc1N=c1scc(-c2ccccc2F)n1N=C1CCCc2ccccc21. The van der Waals surface area contributed by atoms with Crippen LogP contribution in [0, 0.1) is 15.9 Å². The summed E-state index contributed by atoms with van der Waals surface area (Å²) in [5.74, 6) is -0.370. The Kier molecular flexibility index (Phi) is 5.66. The second-order valence-electron chi connectivity index (χ2n) is 7.61. The van der Waals surface area contributed by atoms with Crippen LogP contribution < -0.4 is 4.80 Å². The maximum Gasteiger partial charge on any atom is 0.294 e. The number of benzene rings is 3. The van der Waals surface area contributed by atoms with Gasteiger partial charge in [-0.05, 0) is 43.0 Å². The summed E-state index contributed by atoms with van der Waals surface area (Å²) >= 11 is 1.26. The van der Waals surface area contributed by atoms with Gasteiger partial charge in [-0.25, -0.2) is 14.1 Å². The van der Waals surface area contributed by atoms with Crippen molar-refractivity contribution in [2.75, 3.05) is 0 Å². The van der Waals surface area contributed by atoms with Crippen LogP contribution in [-0.4, -0.2) is 15.3 Å². The molecule has 33 heavy (non-hydrogen) atoms. The first kappa shape index (κ1) is 21.0. The first-order chi connectivity index (χ1) is 16.1. The second-order valence-corrected chi connectivity index (χ2v) is 8.45. The van der Waals surface area contributed by atoms with Crippen molar-refractivity contribution in [3.63, 3.8) is 0 Å². The molecular formula is C25H19FN4O2S. The van der Waals surface area contributed by atoms with Crippen molar-refractivity contribution >= 4 is 28.4 Å². The van der Waals surface area contributed by atoms with Gasteiger partial charge in [0.2, 0.25) is 4.80 Å². The second kappa shape index (κ2) is 8.91. The lowest BCUT2D eigenvalue weighted by molar-refractivity contribution is -0.384. The fourth-order valence-corrected chi connectivity index (χ4v) is 4.80. The van der Waals surface area contributed by atoms with Crippen LogP contribution in [0.5, 0.6) is 0 Å². The summed E-state index contributed by atoms with van der Waals surface area (Å²) in [5, 5.41) is 18.2. The third kappa shape index (κ3) is 4.12. The zero-order valence-electron chi connectivity index (χ0n) is 17.5. The van der Waals surface area contributed by atoms with Gasteiger partial charge in [0.1, 0.15) is 11.5 Å². The lowest BCUT2D eigenvalue weighted by atomic mass is 9.90. The monoisotopic (exact) mass is 458 g/mol. The topological polar surface area (TPSA) is 72.8 Å². The van der Waals surface area contributed by atoms with Gasteiger partial charge in [-0.15, -0.1) is 11.3 Å². The van der Waals surface area contributed by atoms with Crippen LogP contribution in [0.15, 0.2) is 88.3 Å². The number of hydrogen-bond donors (Lipinski definition) is 0. The number of nitro benzene ring substituents is 1. The molecule has 0 N–H and O–H groups in total. The summed E-state index contributed by atoms with van der Waals surface area (Å²) in [6.07, 6.45) is 2.73. The number of nitro groups is 1. The summed E-state index contributed by atoms with van der Waals surface area (Å²) in [7, 11) is 0. The van der Waals surface area contributed by atoms with E-state index in [4.69, 9.17) is 5.10 Å². The molecule has 0 atom stereocenters. The Balaban J connectivity index is 1.75. The number of hydrogen-bond acceptors (Lipinski definition) is 5. The van der Waals surface area contributed by atoms with E-state index in [9.17, 15) is 14.5 Å². The van der Waals surface area contributed by atoms with E-state index in [1.807, 2.05) is 18.2 Å². The summed E-state index contributed by atoms with van der Waals surface area (Å²) in [6.45, 7) is 0. The molecule has 0 unspecified atom stereocenters. The first-order valence-corrected chi connectivity index (χ1v) is 11.4. The summed E-state index contributed by atoms with van der Waals surface area (Å²) in [5.41, 5.74) is 4.25. The average molecular weight is 459 g/mol. The molecule has 0 radical (unpaired) electrons. The molecule has 3 aromatic carbocycles. The molecule has 0 saturated carbocycles. The third-order valence-corrected chi connectivity index (χ3v) is 6.35. The maximum absolute atomic E-state index is 14.7. The molecule has 1 aliphatic rings.